The monoisotopic (exact) mass is 478 g/mol. The number of hydrogen-bond donors (Lipinski definition) is 0. The number of esters is 1. The fourth-order valence-corrected chi connectivity index (χ4v) is 4.06. The number of hydrogen-bond acceptors (Lipinski definition) is 4. The van der Waals surface area contributed by atoms with Crippen molar-refractivity contribution in [2.75, 3.05) is 6.61 Å². The molecule has 2 aromatic carbocycles. The molecule has 27 heavy (non-hydrogen) atoms. The SMILES string of the molecule is CCOC(=O)Cn1nc(I)c2c(-c3cc4c(cnn4C)cc3F)cccc21. The number of aryl methyl sites for hydroxylation is 1. The Kier molecular flexibility index (Phi) is 4.58. The first kappa shape index (κ1) is 17.9. The lowest BCUT2D eigenvalue weighted by Gasteiger charge is -2.08. The summed E-state index contributed by atoms with van der Waals surface area (Å²) in [5.74, 6) is -0.678. The molecule has 0 bridgehead atoms. The molecule has 0 saturated carbocycles. The molecule has 0 unspecified atom stereocenters. The van der Waals surface area contributed by atoms with E-state index in [9.17, 15) is 9.18 Å². The number of ether oxygens (including phenoxy) is 1. The maximum Gasteiger partial charge on any atom is 0.327 e. The molecule has 0 radical (unpaired) electrons. The van der Waals surface area contributed by atoms with Crippen molar-refractivity contribution < 1.29 is 13.9 Å². The van der Waals surface area contributed by atoms with Crippen LogP contribution in [0.3, 0.4) is 0 Å². The van der Waals surface area contributed by atoms with Gasteiger partial charge in [0.15, 0.2) is 0 Å². The highest BCUT2D eigenvalue weighted by molar-refractivity contribution is 14.1. The number of halogens is 2. The third kappa shape index (κ3) is 3.07. The molecule has 8 heteroatoms. The van der Waals surface area contributed by atoms with Crippen LogP contribution in [-0.4, -0.2) is 32.1 Å². The maximum atomic E-state index is 14.9. The quantitative estimate of drug-likeness (QED) is 0.330. The lowest BCUT2D eigenvalue weighted by molar-refractivity contribution is -0.143. The Hall–Kier alpha value is -2.49. The van der Waals surface area contributed by atoms with E-state index in [0.717, 1.165) is 27.4 Å². The third-order valence-electron chi connectivity index (χ3n) is 4.44. The van der Waals surface area contributed by atoms with E-state index in [-0.39, 0.29) is 18.3 Å². The van der Waals surface area contributed by atoms with Gasteiger partial charge in [-0.2, -0.15) is 10.2 Å². The molecular weight excluding hydrogens is 462 g/mol. The van der Waals surface area contributed by atoms with Crippen molar-refractivity contribution in [3.05, 3.63) is 46.0 Å². The van der Waals surface area contributed by atoms with Gasteiger partial charge in [-0.15, -0.1) is 0 Å². The number of nitrogens with zero attached hydrogens (tertiary/aromatic N) is 4. The number of rotatable bonds is 4. The summed E-state index contributed by atoms with van der Waals surface area (Å²) in [5, 5.41) is 10.2. The summed E-state index contributed by atoms with van der Waals surface area (Å²) >= 11 is 2.11. The van der Waals surface area contributed by atoms with Crippen LogP contribution >= 0.6 is 22.6 Å². The zero-order valence-electron chi connectivity index (χ0n) is 14.7. The van der Waals surface area contributed by atoms with Crippen LogP contribution in [0.5, 0.6) is 0 Å². The Labute approximate surface area is 168 Å². The van der Waals surface area contributed by atoms with E-state index in [1.54, 1.807) is 28.6 Å². The number of aromatic nitrogens is 4. The summed E-state index contributed by atoms with van der Waals surface area (Å²) in [7, 11) is 1.83. The summed E-state index contributed by atoms with van der Waals surface area (Å²) in [5.41, 5.74) is 2.81. The summed E-state index contributed by atoms with van der Waals surface area (Å²) in [4.78, 5) is 11.9. The number of fused-ring (bicyclic) bond motifs is 2. The van der Waals surface area contributed by atoms with Gasteiger partial charge in [-0.3, -0.25) is 14.2 Å². The van der Waals surface area contributed by atoms with E-state index in [1.807, 2.05) is 25.2 Å². The third-order valence-corrected chi connectivity index (χ3v) is 5.20. The van der Waals surface area contributed by atoms with E-state index in [2.05, 4.69) is 32.8 Å². The second-order valence-corrected chi connectivity index (χ2v) is 7.13. The Morgan fingerprint density at radius 1 is 1.26 bits per heavy atom. The molecule has 4 rings (SSSR count). The average Bonchev–Trinajstić information content (AvgIpc) is 3.15. The van der Waals surface area contributed by atoms with Crippen molar-refractivity contribution in [1.82, 2.24) is 19.6 Å². The summed E-state index contributed by atoms with van der Waals surface area (Å²) in [6, 6.07) is 8.86. The van der Waals surface area contributed by atoms with Crippen molar-refractivity contribution in [2.24, 2.45) is 7.05 Å². The molecule has 0 saturated heterocycles. The molecule has 138 valence electrons. The topological polar surface area (TPSA) is 61.9 Å². The van der Waals surface area contributed by atoms with Gasteiger partial charge in [-0.25, -0.2) is 4.39 Å². The second-order valence-electron chi connectivity index (χ2n) is 6.11. The van der Waals surface area contributed by atoms with E-state index < -0.39 is 0 Å². The zero-order valence-corrected chi connectivity index (χ0v) is 16.9. The van der Waals surface area contributed by atoms with Gasteiger partial charge in [0, 0.05) is 23.4 Å². The average molecular weight is 478 g/mol. The van der Waals surface area contributed by atoms with Crippen LogP contribution in [0.2, 0.25) is 0 Å². The Morgan fingerprint density at radius 3 is 2.85 bits per heavy atom. The van der Waals surface area contributed by atoms with E-state index >= 15 is 0 Å². The maximum absolute atomic E-state index is 14.9. The highest BCUT2D eigenvalue weighted by Gasteiger charge is 2.18. The smallest absolute Gasteiger partial charge is 0.327 e. The standard InChI is InChI=1S/C19H16FIN4O2/c1-3-27-17(26)10-25-15-6-4-5-12(18(15)19(21)23-25)13-8-16-11(7-14(13)20)9-22-24(16)2/h4-9H,3,10H2,1-2H3. The van der Waals surface area contributed by atoms with Crippen LogP contribution in [0, 0.1) is 9.52 Å². The largest absolute Gasteiger partial charge is 0.465 e. The fraction of sp³-hybridized carbons (Fsp3) is 0.211. The van der Waals surface area contributed by atoms with Crippen LogP contribution in [0.25, 0.3) is 32.9 Å². The first-order valence-electron chi connectivity index (χ1n) is 8.42. The molecule has 0 atom stereocenters. The van der Waals surface area contributed by atoms with Gasteiger partial charge in [-0.1, -0.05) is 12.1 Å². The van der Waals surface area contributed by atoms with Gasteiger partial charge >= 0.3 is 5.97 Å². The molecule has 0 N–H and O–H groups in total. The van der Waals surface area contributed by atoms with Crippen molar-refractivity contribution in [2.45, 2.75) is 13.5 Å². The van der Waals surface area contributed by atoms with E-state index in [4.69, 9.17) is 4.74 Å². The number of carbonyl (C=O) groups excluding carboxylic acids is 1. The van der Waals surface area contributed by atoms with Gasteiger partial charge in [0.2, 0.25) is 0 Å². The molecule has 4 aromatic rings. The summed E-state index contributed by atoms with van der Waals surface area (Å²) in [6.07, 6.45) is 1.64. The van der Waals surface area contributed by atoms with Gasteiger partial charge in [0.05, 0.1) is 23.8 Å². The minimum Gasteiger partial charge on any atom is -0.465 e. The molecule has 2 aromatic heterocycles. The number of carbonyl (C=O) groups is 1. The first-order chi connectivity index (χ1) is 13.0. The molecule has 0 amide bonds. The Balaban J connectivity index is 1.90. The molecule has 0 spiro atoms. The molecule has 0 aliphatic heterocycles. The fourth-order valence-electron chi connectivity index (χ4n) is 3.23. The van der Waals surface area contributed by atoms with Gasteiger partial charge in [0.25, 0.3) is 0 Å². The lowest BCUT2D eigenvalue weighted by Crippen LogP contribution is -2.14. The highest BCUT2D eigenvalue weighted by atomic mass is 127. The van der Waals surface area contributed by atoms with Crippen molar-refractivity contribution in [1.29, 1.82) is 0 Å². The first-order valence-corrected chi connectivity index (χ1v) is 9.49. The molecule has 0 fully saturated rings. The van der Waals surface area contributed by atoms with Crippen molar-refractivity contribution in [3.63, 3.8) is 0 Å². The molecule has 2 heterocycles. The molecule has 0 aliphatic carbocycles. The van der Waals surface area contributed by atoms with Gasteiger partial charge in [0.1, 0.15) is 16.1 Å². The predicted octanol–water partition coefficient (Wildman–Crippen LogP) is 3.90. The second kappa shape index (κ2) is 6.91. The normalized spacial score (nSPS) is 11.4. The van der Waals surface area contributed by atoms with Crippen LogP contribution in [0.1, 0.15) is 6.92 Å². The van der Waals surface area contributed by atoms with Gasteiger partial charge in [-0.05, 0) is 53.3 Å². The minimum atomic E-state index is -0.355. The van der Waals surface area contributed by atoms with E-state index in [1.165, 1.54) is 6.07 Å². The van der Waals surface area contributed by atoms with Crippen LogP contribution in [-0.2, 0) is 23.1 Å². The Morgan fingerprint density at radius 2 is 2.07 bits per heavy atom. The Bertz CT molecular complexity index is 1180. The van der Waals surface area contributed by atoms with Crippen LogP contribution < -0.4 is 0 Å². The number of benzene rings is 2. The van der Waals surface area contributed by atoms with E-state index in [0.29, 0.717) is 15.9 Å². The van der Waals surface area contributed by atoms with Gasteiger partial charge < -0.3 is 4.74 Å². The summed E-state index contributed by atoms with van der Waals surface area (Å²) in [6.45, 7) is 2.09. The molecule has 6 nitrogen and oxygen atoms in total. The van der Waals surface area contributed by atoms with Crippen molar-refractivity contribution in [3.8, 4) is 11.1 Å². The van der Waals surface area contributed by atoms with Crippen molar-refractivity contribution >= 4 is 50.4 Å². The zero-order chi connectivity index (χ0) is 19.1. The molecular formula is C19H16FIN4O2. The predicted molar refractivity (Wildman–Crippen MR) is 109 cm³/mol. The van der Waals surface area contributed by atoms with Crippen LogP contribution in [0.15, 0.2) is 36.5 Å². The minimum absolute atomic E-state index is 0.0139. The highest BCUT2D eigenvalue weighted by Crippen LogP contribution is 2.35. The summed E-state index contributed by atoms with van der Waals surface area (Å²) < 4.78 is 23.9. The molecule has 0 aliphatic rings. The lowest BCUT2D eigenvalue weighted by atomic mass is 10.00. The van der Waals surface area contributed by atoms with Crippen LogP contribution in [0.4, 0.5) is 4.39 Å².